The lowest BCUT2D eigenvalue weighted by Gasteiger charge is -2.26. The van der Waals surface area contributed by atoms with Crippen LogP contribution in [0.1, 0.15) is 71.1 Å². The molecule has 0 radical (unpaired) electrons. The van der Waals surface area contributed by atoms with E-state index in [0.717, 1.165) is 19.3 Å². The van der Waals surface area contributed by atoms with Crippen LogP contribution in [0.5, 0.6) is 0 Å². The first kappa shape index (κ1) is 30.9. The topological polar surface area (TPSA) is 127 Å². The number of nitrogens with one attached hydrogen (secondary N) is 1. The minimum absolute atomic E-state index is 0.160. The van der Waals surface area contributed by atoms with Crippen molar-refractivity contribution in [2.24, 2.45) is 0 Å². The summed E-state index contributed by atoms with van der Waals surface area (Å²) in [7, 11) is 0. The summed E-state index contributed by atoms with van der Waals surface area (Å²) in [5, 5.41) is 40.0. The molecule has 0 heterocycles. The highest BCUT2D eigenvalue weighted by Gasteiger charge is 2.31. The number of amides is 1. The summed E-state index contributed by atoms with van der Waals surface area (Å²) in [5.74, 6) is -0.437. The molecule has 5 N–H and O–H groups in total. The fraction of sp³-hybridized carbons (Fsp3) is 0.615. The molecule has 0 bridgehead atoms. The van der Waals surface area contributed by atoms with Crippen LogP contribution in [-0.2, 0) is 9.59 Å². The van der Waals surface area contributed by atoms with Gasteiger partial charge in [0.1, 0.15) is 30.6 Å². The van der Waals surface area contributed by atoms with Crippen LogP contribution in [0.2, 0.25) is 0 Å². The van der Waals surface area contributed by atoms with Crippen molar-refractivity contribution < 1.29 is 30.0 Å². The van der Waals surface area contributed by atoms with Crippen molar-refractivity contribution >= 4 is 12.2 Å². The molecule has 0 aliphatic rings. The van der Waals surface area contributed by atoms with Crippen molar-refractivity contribution in [3.8, 4) is 0 Å². The highest BCUT2D eigenvalue weighted by Crippen LogP contribution is 2.06. The first-order chi connectivity index (χ1) is 16.0. The molecule has 7 heteroatoms. The second-order valence-electron chi connectivity index (χ2n) is 7.94. The van der Waals surface area contributed by atoms with Crippen molar-refractivity contribution in [2.75, 3.05) is 6.61 Å². The van der Waals surface area contributed by atoms with E-state index in [1.54, 1.807) is 0 Å². The maximum absolute atomic E-state index is 11.9. The summed E-state index contributed by atoms with van der Waals surface area (Å²) in [6.07, 6.45) is 21.4. The second kappa shape index (κ2) is 21.8. The summed E-state index contributed by atoms with van der Waals surface area (Å²) < 4.78 is 0. The number of unbranched alkanes of at least 4 members (excludes halogenated alkanes) is 4. The molecule has 0 aromatic carbocycles. The molecule has 188 valence electrons. The van der Waals surface area contributed by atoms with Gasteiger partial charge in [0.15, 0.2) is 0 Å². The number of aliphatic hydroxyl groups excluding tert-OH is 4. The highest BCUT2D eigenvalue weighted by molar-refractivity contribution is 5.79. The molecular weight excluding hydrogens is 422 g/mol. The van der Waals surface area contributed by atoms with E-state index in [-0.39, 0.29) is 6.42 Å². The van der Waals surface area contributed by atoms with Crippen molar-refractivity contribution in [2.45, 2.75) is 95.5 Å². The lowest BCUT2D eigenvalue weighted by molar-refractivity contribution is -0.131. The third kappa shape index (κ3) is 17.1. The number of rotatable bonds is 20. The Kier molecular flexibility index (Phi) is 20.4. The Balaban J connectivity index is 3.90. The van der Waals surface area contributed by atoms with Gasteiger partial charge in [-0.1, -0.05) is 68.4 Å². The Morgan fingerprint density at radius 1 is 0.788 bits per heavy atom. The Hall–Kier alpha value is -2.06. The van der Waals surface area contributed by atoms with Crippen LogP contribution in [0.4, 0.5) is 0 Å². The molecule has 0 fully saturated rings. The van der Waals surface area contributed by atoms with Crippen LogP contribution < -0.4 is 5.32 Å². The van der Waals surface area contributed by atoms with Gasteiger partial charge in [-0.15, -0.1) is 0 Å². The number of aliphatic hydroxyl groups is 4. The molecule has 0 spiro atoms. The molecule has 7 nitrogen and oxygen atoms in total. The molecule has 0 saturated carbocycles. The minimum Gasteiger partial charge on any atom is -0.394 e. The van der Waals surface area contributed by atoms with Crippen molar-refractivity contribution in [1.29, 1.82) is 0 Å². The van der Waals surface area contributed by atoms with E-state index in [2.05, 4.69) is 48.7 Å². The highest BCUT2D eigenvalue weighted by atomic mass is 16.4. The number of carbonyl (C=O) groups is 2. The van der Waals surface area contributed by atoms with Gasteiger partial charge in [-0.2, -0.15) is 0 Å². The summed E-state index contributed by atoms with van der Waals surface area (Å²) in [6.45, 7) is 1.44. The summed E-state index contributed by atoms with van der Waals surface area (Å²) >= 11 is 0. The molecule has 0 unspecified atom stereocenters. The average Bonchev–Trinajstić information content (AvgIpc) is 2.82. The number of aldehydes is 1. The van der Waals surface area contributed by atoms with Gasteiger partial charge in [-0.25, -0.2) is 0 Å². The minimum atomic E-state index is -1.74. The van der Waals surface area contributed by atoms with E-state index in [1.807, 2.05) is 12.2 Å². The molecule has 0 saturated heterocycles. The van der Waals surface area contributed by atoms with Crippen LogP contribution in [0.25, 0.3) is 0 Å². The predicted octanol–water partition coefficient (Wildman–Crippen LogP) is 2.89. The SMILES string of the molecule is CCCCCC=CCC=CCC=CCC=CCCCC(=O)N[C@@H](C=O)[C@@H](O)[C@H](O)[C@H](O)CO. The van der Waals surface area contributed by atoms with Crippen LogP contribution in [0, 0.1) is 0 Å². The zero-order valence-electron chi connectivity index (χ0n) is 19.9. The maximum atomic E-state index is 11.9. The van der Waals surface area contributed by atoms with E-state index in [4.69, 9.17) is 5.11 Å². The molecule has 0 aromatic rings. The third-order valence-electron chi connectivity index (χ3n) is 5.01. The lowest BCUT2D eigenvalue weighted by atomic mass is 10.0. The Morgan fingerprint density at radius 2 is 1.30 bits per heavy atom. The second-order valence-corrected chi connectivity index (χ2v) is 7.94. The molecule has 33 heavy (non-hydrogen) atoms. The van der Waals surface area contributed by atoms with E-state index in [0.29, 0.717) is 19.1 Å². The molecule has 0 rings (SSSR count). The largest absolute Gasteiger partial charge is 0.394 e. The fourth-order valence-corrected chi connectivity index (χ4v) is 2.95. The molecular formula is C26H43NO6. The number of carbonyl (C=O) groups excluding carboxylic acids is 2. The smallest absolute Gasteiger partial charge is 0.220 e. The van der Waals surface area contributed by atoms with E-state index in [1.165, 1.54) is 25.7 Å². The van der Waals surface area contributed by atoms with E-state index < -0.39 is 36.9 Å². The maximum Gasteiger partial charge on any atom is 0.220 e. The molecule has 1 amide bonds. The van der Waals surface area contributed by atoms with Gasteiger partial charge >= 0.3 is 0 Å². The van der Waals surface area contributed by atoms with Gasteiger partial charge in [0.05, 0.1) is 6.61 Å². The quantitative estimate of drug-likeness (QED) is 0.107. The standard InChI is InChI=1S/C26H43NO6/c1-2-3-4-5-6-7-8-9-10-11-12-13-14-15-16-17-18-19-24(31)27-22(20-28)25(32)26(33)23(30)21-29/h6-7,9-10,12-13,15-16,20,22-23,25-26,29-30,32-33H,2-5,8,11,14,17-19,21H2,1H3,(H,27,31)/t22-,23+,25+,26+/m0/s1. The fourth-order valence-electron chi connectivity index (χ4n) is 2.95. The normalized spacial score (nSPS) is 16.0. The molecule has 4 atom stereocenters. The Bertz CT molecular complexity index is 614. The lowest BCUT2D eigenvalue weighted by Crippen LogP contribution is -2.53. The van der Waals surface area contributed by atoms with Crippen LogP contribution >= 0.6 is 0 Å². The van der Waals surface area contributed by atoms with Crippen molar-refractivity contribution in [3.63, 3.8) is 0 Å². The first-order valence-electron chi connectivity index (χ1n) is 12.0. The number of allylic oxidation sites excluding steroid dienone is 8. The predicted molar refractivity (Wildman–Crippen MR) is 132 cm³/mol. The van der Waals surface area contributed by atoms with E-state index in [9.17, 15) is 24.9 Å². The van der Waals surface area contributed by atoms with Gasteiger partial charge in [0.2, 0.25) is 5.91 Å². The molecule has 0 aliphatic heterocycles. The first-order valence-corrected chi connectivity index (χ1v) is 12.0. The van der Waals surface area contributed by atoms with Crippen LogP contribution in [0.3, 0.4) is 0 Å². The zero-order valence-corrected chi connectivity index (χ0v) is 19.9. The van der Waals surface area contributed by atoms with E-state index >= 15 is 0 Å². The summed E-state index contributed by atoms with van der Waals surface area (Å²) in [4.78, 5) is 23.0. The van der Waals surface area contributed by atoms with Crippen molar-refractivity contribution in [1.82, 2.24) is 5.32 Å². The Morgan fingerprint density at radius 3 is 1.79 bits per heavy atom. The van der Waals surface area contributed by atoms with Gasteiger partial charge in [-0.3, -0.25) is 4.79 Å². The van der Waals surface area contributed by atoms with Gasteiger partial charge in [0, 0.05) is 6.42 Å². The van der Waals surface area contributed by atoms with Gasteiger partial charge in [-0.05, 0) is 44.9 Å². The van der Waals surface area contributed by atoms with Crippen LogP contribution in [0.15, 0.2) is 48.6 Å². The van der Waals surface area contributed by atoms with Gasteiger partial charge in [0.25, 0.3) is 0 Å². The van der Waals surface area contributed by atoms with Gasteiger partial charge < -0.3 is 30.5 Å². The molecule has 0 aromatic heterocycles. The average molecular weight is 466 g/mol. The van der Waals surface area contributed by atoms with Crippen molar-refractivity contribution in [3.05, 3.63) is 48.6 Å². The van der Waals surface area contributed by atoms with Crippen LogP contribution in [-0.4, -0.2) is 63.6 Å². The summed E-state index contributed by atoms with van der Waals surface area (Å²) in [6, 6.07) is -1.36. The number of hydrogen-bond acceptors (Lipinski definition) is 6. The number of hydrogen-bond donors (Lipinski definition) is 5. The Labute approximate surface area is 198 Å². The third-order valence-corrected chi connectivity index (χ3v) is 5.01. The summed E-state index contributed by atoms with van der Waals surface area (Å²) in [5.41, 5.74) is 0. The monoisotopic (exact) mass is 465 g/mol. The zero-order chi connectivity index (χ0) is 24.7. The molecule has 0 aliphatic carbocycles.